The molecular formula is C26H29N3O7. The normalized spacial score (nSPS) is 12.4. The standard InChI is InChI=1S/C26H29N3O7/c1-2-14-35-25(33)28-13-7-12-27-23(30)15-22(24(31)32)29-26(34)36-16-21-19-10-5-3-8-17(19)18-9-4-6-11-20(18)21/h2-6,8-11,21-22H,1,7,12-16H2,(H,27,30)(H,28,33)(H,29,34)(H,31,32)/t22-/m0/s1. The topological polar surface area (TPSA) is 143 Å². The SMILES string of the molecule is C=CCOC(=O)NCCCNC(=O)C[C@H](NC(=O)OCC1c2ccccc2-c2ccccc21)C(=O)O. The average Bonchev–Trinajstić information content (AvgIpc) is 3.19. The van der Waals surface area contributed by atoms with Gasteiger partial charge in [0, 0.05) is 19.0 Å². The second-order valence-electron chi connectivity index (χ2n) is 8.08. The third-order valence-corrected chi connectivity index (χ3v) is 5.60. The van der Waals surface area contributed by atoms with E-state index in [-0.39, 0.29) is 32.2 Å². The van der Waals surface area contributed by atoms with Crippen molar-refractivity contribution in [3.63, 3.8) is 0 Å². The summed E-state index contributed by atoms with van der Waals surface area (Å²) < 4.78 is 10.1. The van der Waals surface area contributed by atoms with Crippen LogP contribution in [0.2, 0.25) is 0 Å². The lowest BCUT2D eigenvalue weighted by Crippen LogP contribution is -2.44. The highest BCUT2D eigenvalue weighted by molar-refractivity contribution is 5.87. The first kappa shape index (κ1) is 26.3. The summed E-state index contributed by atoms with van der Waals surface area (Å²) in [5.74, 6) is -2.08. The van der Waals surface area contributed by atoms with Gasteiger partial charge in [0.15, 0.2) is 0 Å². The molecule has 3 rings (SSSR count). The Labute approximate surface area is 208 Å². The summed E-state index contributed by atoms with van der Waals surface area (Å²) in [7, 11) is 0. The van der Waals surface area contributed by atoms with Crippen LogP contribution in [-0.2, 0) is 19.1 Å². The highest BCUT2D eigenvalue weighted by Gasteiger charge is 2.30. The van der Waals surface area contributed by atoms with Crippen LogP contribution in [0.25, 0.3) is 11.1 Å². The van der Waals surface area contributed by atoms with Crippen LogP contribution in [0.1, 0.15) is 29.9 Å². The zero-order valence-corrected chi connectivity index (χ0v) is 19.7. The van der Waals surface area contributed by atoms with Crippen molar-refractivity contribution in [3.05, 3.63) is 72.3 Å². The van der Waals surface area contributed by atoms with Crippen molar-refractivity contribution < 1.29 is 33.8 Å². The zero-order valence-electron chi connectivity index (χ0n) is 19.7. The fourth-order valence-electron chi connectivity index (χ4n) is 3.93. The summed E-state index contributed by atoms with van der Waals surface area (Å²) >= 11 is 0. The van der Waals surface area contributed by atoms with Crippen molar-refractivity contribution in [1.29, 1.82) is 0 Å². The second-order valence-corrected chi connectivity index (χ2v) is 8.08. The molecule has 0 saturated heterocycles. The van der Waals surface area contributed by atoms with E-state index in [9.17, 15) is 24.3 Å². The van der Waals surface area contributed by atoms with Gasteiger partial charge >= 0.3 is 18.2 Å². The monoisotopic (exact) mass is 495 g/mol. The number of hydrogen-bond acceptors (Lipinski definition) is 6. The van der Waals surface area contributed by atoms with Gasteiger partial charge in [-0.05, 0) is 28.7 Å². The van der Waals surface area contributed by atoms with E-state index >= 15 is 0 Å². The lowest BCUT2D eigenvalue weighted by atomic mass is 9.98. The van der Waals surface area contributed by atoms with E-state index in [1.54, 1.807) is 0 Å². The molecule has 0 saturated carbocycles. The van der Waals surface area contributed by atoms with E-state index < -0.39 is 36.5 Å². The molecule has 10 nitrogen and oxygen atoms in total. The number of carbonyl (C=O) groups excluding carboxylic acids is 3. The highest BCUT2D eigenvalue weighted by atomic mass is 16.6. The number of ether oxygens (including phenoxy) is 2. The molecule has 0 radical (unpaired) electrons. The Hall–Kier alpha value is -4.34. The Kier molecular flexibility index (Phi) is 9.44. The smallest absolute Gasteiger partial charge is 0.407 e. The van der Waals surface area contributed by atoms with Crippen molar-refractivity contribution in [1.82, 2.24) is 16.0 Å². The number of benzene rings is 2. The van der Waals surface area contributed by atoms with Crippen molar-refractivity contribution in [2.45, 2.75) is 24.8 Å². The number of carboxylic acid groups (broad SMARTS) is 1. The van der Waals surface area contributed by atoms with Crippen LogP contribution in [0.5, 0.6) is 0 Å². The van der Waals surface area contributed by atoms with Gasteiger partial charge in [-0.15, -0.1) is 0 Å². The minimum atomic E-state index is -1.45. The van der Waals surface area contributed by atoms with Gasteiger partial charge in [0.25, 0.3) is 0 Å². The van der Waals surface area contributed by atoms with Gasteiger partial charge in [-0.2, -0.15) is 0 Å². The fraction of sp³-hybridized carbons (Fsp3) is 0.308. The number of rotatable bonds is 12. The van der Waals surface area contributed by atoms with Gasteiger partial charge in [0.1, 0.15) is 19.3 Å². The minimum absolute atomic E-state index is 0.0284. The molecule has 4 N–H and O–H groups in total. The zero-order chi connectivity index (χ0) is 25.9. The van der Waals surface area contributed by atoms with E-state index in [0.717, 1.165) is 22.3 Å². The molecule has 2 aromatic carbocycles. The van der Waals surface area contributed by atoms with Gasteiger partial charge in [0.2, 0.25) is 5.91 Å². The number of carbonyl (C=O) groups is 4. The van der Waals surface area contributed by atoms with Crippen molar-refractivity contribution in [3.8, 4) is 11.1 Å². The number of hydrogen-bond donors (Lipinski definition) is 4. The first-order chi connectivity index (χ1) is 17.4. The number of amides is 3. The second kappa shape index (κ2) is 12.9. The van der Waals surface area contributed by atoms with Crippen LogP contribution < -0.4 is 16.0 Å². The molecule has 36 heavy (non-hydrogen) atoms. The summed E-state index contributed by atoms with van der Waals surface area (Å²) in [6, 6.07) is 14.3. The molecule has 0 aliphatic heterocycles. The van der Waals surface area contributed by atoms with Crippen molar-refractivity contribution >= 4 is 24.1 Å². The van der Waals surface area contributed by atoms with Crippen molar-refractivity contribution in [2.75, 3.05) is 26.3 Å². The predicted molar refractivity (Wildman–Crippen MR) is 131 cm³/mol. The third-order valence-electron chi connectivity index (χ3n) is 5.60. The quantitative estimate of drug-likeness (QED) is 0.262. The van der Waals surface area contributed by atoms with E-state index in [4.69, 9.17) is 9.47 Å². The summed E-state index contributed by atoms with van der Waals surface area (Å²) in [5.41, 5.74) is 4.21. The molecule has 1 atom stereocenters. The fourth-order valence-corrected chi connectivity index (χ4v) is 3.93. The number of alkyl carbamates (subject to hydrolysis) is 2. The maximum atomic E-state index is 12.4. The molecule has 10 heteroatoms. The Morgan fingerprint density at radius 3 is 2.14 bits per heavy atom. The van der Waals surface area contributed by atoms with Crippen LogP contribution in [-0.4, -0.2) is 61.5 Å². The molecule has 0 spiro atoms. The number of nitrogens with one attached hydrogen (secondary N) is 3. The first-order valence-electron chi connectivity index (χ1n) is 11.5. The van der Waals surface area contributed by atoms with E-state index in [2.05, 4.69) is 22.5 Å². The van der Waals surface area contributed by atoms with Crippen LogP contribution in [0.3, 0.4) is 0 Å². The number of fused-ring (bicyclic) bond motifs is 3. The van der Waals surface area contributed by atoms with Gasteiger partial charge in [-0.1, -0.05) is 61.2 Å². The molecule has 2 aromatic rings. The minimum Gasteiger partial charge on any atom is -0.480 e. The molecular weight excluding hydrogens is 466 g/mol. The number of carboxylic acids is 1. The molecule has 1 aliphatic carbocycles. The molecule has 0 bridgehead atoms. The highest BCUT2D eigenvalue weighted by Crippen LogP contribution is 2.44. The predicted octanol–water partition coefficient (Wildman–Crippen LogP) is 2.79. The Bertz CT molecular complexity index is 1070. The van der Waals surface area contributed by atoms with Crippen LogP contribution in [0.15, 0.2) is 61.2 Å². The summed E-state index contributed by atoms with van der Waals surface area (Å²) in [5, 5.41) is 16.7. The molecule has 0 fully saturated rings. The molecule has 190 valence electrons. The van der Waals surface area contributed by atoms with Gasteiger partial charge in [0.05, 0.1) is 6.42 Å². The molecule has 3 amide bonds. The third kappa shape index (κ3) is 7.08. The molecule has 0 heterocycles. The van der Waals surface area contributed by atoms with Gasteiger partial charge in [-0.25, -0.2) is 14.4 Å². The van der Waals surface area contributed by atoms with Crippen LogP contribution in [0.4, 0.5) is 9.59 Å². The van der Waals surface area contributed by atoms with E-state index in [1.807, 2.05) is 48.5 Å². The van der Waals surface area contributed by atoms with Crippen LogP contribution in [0, 0.1) is 0 Å². The van der Waals surface area contributed by atoms with E-state index in [0.29, 0.717) is 6.42 Å². The van der Waals surface area contributed by atoms with Gasteiger partial charge < -0.3 is 30.5 Å². The Morgan fingerprint density at radius 1 is 0.917 bits per heavy atom. The summed E-state index contributed by atoms with van der Waals surface area (Å²) in [6.45, 7) is 4.02. The first-order valence-corrected chi connectivity index (χ1v) is 11.5. The summed E-state index contributed by atoms with van der Waals surface area (Å²) in [6.07, 6.45) is -0.130. The summed E-state index contributed by atoms with van der Waals surface area (Å²) in [4.78, 5) is 47.4. The maximum absolute atomic E-state index is 12.4. The number of aliphatic carboxylic acids is 1. The largest absolute Gasteiger partial charge is 0.480 e. The average molecular weight is 496 g/mol. The van der Waals surface area contributed by atoms with Crippen LogP contribution >= 0.6 is 0 Å². The lowest BCUT2D eigenvalue weighted by Gasteiger charge is -2.17. The molecule has 0 unspecified atom stereocenters. The van der Waals surface area contributed by atoms with Gasteiger partial charge in [-0.3, -0.25) is 4.79 Å². The lowest BCUT2D eigenvalue weighted by molar-refractivity contribution is -0.141. The Balaban J connectivity index is 1.44. The molecule has 1 aliphatic rings. The maximum Gasteiger partial charge on any atom is 0.407 e. The molecule has 0 aromatic heterocycles. The van der Waals surface area contributed by atoms with Crippen molar-refractivity contribution in [2.24, 2.45) is 0 Å². The van der Waals surface area contributed by atoms with E-state index in [1.165, 1.54) is 6.08 Å². The Morgan fingerprint density at radius 2 is 1.53 bits per heavy atom.